The van der Waals surface area contributed by atoms with Gasteiger partial charge >= 0.3 is 11.9 Å². The number of piperidine rings is 1. The van der Waals surface area contributed by atoms with Crippen molar-refractivity contribution in [2.24, 2.45) is 0 Å². The Hall–Kier alpha value is -2.08. The van der Waals surface area contributed by atoms with E-state index in [0.29, 0.717) is 19.1 Å². The molecule has 0 radical (unpaired) electrons. The largest absolute Gasteiger partial charge is 0.473 e. The SMILES string of the molecule is CC1CN(C2CCN(S(=O)(=O)c3ccc(F)cc3)CC2)CC(C)O1.O=C(O)C(=O)O. The van der Waals surface area contributed by atoms with E-state index in [1.807, 2.05) is 0 Å². The highest BCUT2D eigenvalue weighted by atomic mass is 32.2. The van der Waals surface area contributed by atoms with Crippen LogP contribution in [-0.2, 0) is 24.3 Å². The zero-order valence-electron chi connectivity index (χ0n) is 16.9. The Morgan fingerprint density at radius 2 is 1.47 bits per heavy atom. The second-order valence-electron chi connectivity index (χ2n) is 7.41. The van der Waals surface area contributed by atoms with Gasteiger partial charge in [0.05, 0.1) is 17.1 Å². The summed E-state index contributed by atoms with van der Waals surface area (Å²) in [7, 11) is -3.53. The van der Waals surface area contributed by atoms with Crippen LogP contribution < -0.4 is 0 Å². The Bertz CT molecular complexity index is 817. The van der Waals surface area contributed by atoms with E-state index in [0.717, 1.165) is 25.9 Å². The van der Waals surface area contributed by atoms with Crippen LogP contribution in [0, 0.1) is 5.82 Å². The summed E-state index contributed by atoms with van der Waals surface area (Å²) >= 11 is 0. The monoisotopic (exact) mass is 446 g/mol. The Balaban J connectivity index is 0.000000469. The minimum Gasteiger partial charge on any atom is -0.473 e. The van der Waals surface area contributed by atoms with E-state index >= 15 is 0 Å². The summed E-state index contributed by atoms with van der Waals surface area (Å²) in [6.45, 7) is 6.97. The summed E-state index contributed by atoms with van der Waals surface area (Å²) in [4.78, 5) is 20.8. The molecular formula is C19H27FN2O7S. The number of carboxylic acid groups (broad SMARTS) is 2. The molecule has 1 aromatic carbocycles. The molecule has 168 valence electrons. The fourth-order valence-corrected chi connectivity index (χ4v) is 5.19. The number of hydrogen-bond donors (Lipinski definition) is 2. The molecule has 2 unspecified atom stereocenters. The summed E-state index contributed by atoms with van der Waals surface area (Å²) in [5.41, 5.74) is 0. The first-order valence-electron chi connectivity index (χ1n) is 9.62. The van der Waals surface area contributed by atoms with Crippen molar-refractivity contribution in [3.8, 4) is 0 Å². The number of nitrogens with zero attached hydrogens (tertiary/aromatic N) is 2. The maximum absolute atomic E-state index is 13.0. The molecule has 2 atom stereocenters. The molecule has 2 saturated heterocycles. The molecule has 0 spiro atoms. The lowest BCUT2D eigenvalue weighted by atomic mass is 10.0. The van der Waals surface area contributed by atoms with Gasteiger partial charge in [-0.25, -0.2) is 22.4 Å². The number of hydrogen-bond acceptors (Lipinski definition) is 6. The van der Waals surface area contributed by atoms with Gasteiger partial charge in [-0.15, -0.1) is 0 Å². The van der Waals surface area contributed by atoms with Gasteiger partial charge in [0.2, 0.25) is 10.0 Å². The van der Waals surface area contributed by atoms with E-state index in [1.165, 1.54) is 28.6 Å². The standard InChI is InChI=1S/C17H25FN2O3S.C2H2O4/c1-13-11-19(12-14(2)23-13)16-7-9-20(10-8-16)24(21,22)17-5-3-15(18)4-6-17;3-1(4)2(5)6/h3-6,13-14,16H,7-12H2,1-2H3;(H,3,4)(H,5,6). The van der Waals surface area contributed by atoms with Gasteiger partial charge in [0, 0.05) is 32.2 Å². The Morgan fingerprint density at radius 3 is 1.90 bits per heavy atom. The number of ether oxygens (including phenoxy) is 1. The third-order valence-corrected chi connectivity index (χ3v) is 6.93. The van der Waals surface area contributed by atoms with E-state index in [1.54, 1.807) is 0 Å². The summed E-state index contributed by atoms with van der Waals surface area (Å²) in [5, 5.41) is 14.8. The van der Waals surface area contributed by atoms with Crippen LogP contribution >= 0.6 is 0 Å². The van der Waals surface area contributed by atoms with Crippen molar-refractivity contribution in [3.05, 3.63) is 30.1 Å². The molecule has 0 bridgehead atoms. The van der Waals surface area contributed by atoms with Crippen LogP contribution in [0.4, 0.5) is 4.39 Å². The molecule has 2 aliphatic heterocycles. The van der Waals surface area contributed by atoms with Crippen molar-refractivity contribution >= 4 is 22.0 Å². The number of carboxylic acids is 2. The predicted molar refractivity (Wildman–Crippen MR) is 105 cm³/mol. The lowest BCUT2D eigenvalue weighted by Crippen LogP contribution is -2.53. The van der Waals surface area contributed by atoms with Crippen molar-refractivity contribution in [3.63, 3.8) is 0 Å². The lowest BCUT2D eigenvalue weighted by Gasteiger charge is -2.43. The normalized spacial score (nSPS) is 24.0. The fourth-order valence-electron chi connectivity index (χ4n) is 3.72. The quantitative estimate of drug-likeness (QED) is 0.665. The van der Waals surface area contributed by atoms with Gasteiger partial charge in [0.1, 0.15) is 5.82 Å². The molecular weight excluding hydrogens is 419 g/mol. The second-order valence-corrected chi connectivity index (χ2v) is 9.35. The van der Waals surface area contributed by atoms with Crippen LogP contribution in [0.25, 0.3) is 0 Å². The van der Waals surface area contributed by atoms with Crippen LogP contribution in [0.2, 0.25) is 0 Å². The molecule has 2 N–H and O–H groups in total. The van der Waals surface area contributed by atoms with E-state index in [-0.39, 0.29) is 17.1 Å². The molecule has 11 heteroatoms. The molecule has 3 rings (SSSR count). The molecule has 0 amide bonds. The summed E-state index contributed by atoms with van der Waals surface area (Å²) in [6.07, 6.45) is 2.07. The first-order valence-corrected chi connectivity index (χ1v) is 11.1. The number of benzene rings is 1. The number of sulfonamides is 1. The minimum atomic E-state index is -3.53. The van der Waals surface area contributed by atoms with Gasteiger partial charge in [-0.3, -0.25) is 4.90 Å². The van der Waals surface area contributed by atoms with E-state index < -0.39 is 27.8 Å². The molecule has 0 saturated carbocycles. The van der Waals surface area contributed by atoms with Crippen LogP contribution in [0.3, 0.4) is 0 Å². The average molecular weight is 446 g/mol. The Labute approximate surface area is 175 Å². The predicted octanol–water partition coefficient (Wildman–Crippen LogP) is 1.24. The molecule has 30 heavy (non-hydrogen) atoms. The van der Waals surface area contributed by atoms with Gasteiger partial charge in [0.15, 0.2) is 0 Å². The topological polar surface area (TPSA) is 124 Å². The fraction of sp³-hybridized carbons (Fsp3) is 0.579. The molecule has 9 nitrogen and oxygen atoms in total. The van der Waals surface area contributed by atoms with Crippen LogP contribution in [-0.4, -0.2) is 84.2 Å². The van der Waals surface area contributed by atoms with Gasteiger partial charge in [-0.2, -0.15) is 4.31 Å². The highest BCUT2D eigenvalue weighted by Gasteiger charge is 2.34. The molecule has 2 aliphatic rings. The highest BCUT2D eigenvalue weighted by Crippen LogP contribution is 2.25. The molecule has 1 aromatic rings. The smallest absolute Gasteiger partial charge is 0.414 e. The number of morpholine rings is 1. The third kappa shape index (κ3) is 6.46. The summed E-state index contributed by atoms with van der Waals surface area (Å²) < 4.78 is 45.6. The zero-order valence-corrected chi connectivity index (χ0v) is 17.7. The lowest BCUT2D eigenvalue weighted by molar-refractivity contribution is -0.159. The molecule has 0 aromatic heterocycles. The Morgan fingerprint density at radius 1 is 1.00 bits per heavy atom. The van der Waals surface area contributed by atoms with Gasteiger partial charge in [-0.1, -0.05) is 0 Å². The average Bonchev–Trinajstić information content (AvgIpc) is 2.68. The first-order chi connectivity index (χ1) is 14.0. The number of aliphatic carboxylic acids is 2. The minimum absolute atomic E-state index is 0.163. The van der Waals surface area contributed by atoms with E-state index in [4.69, 9.17) is 24.5 Å². The van der Waals surface area contributed by atoms with Crippen LogP contribution in [0.15, 0.2) is 29.2 Å². The van der Waals surface area contributed by atoms with Crippen molar-refractivity contribution in [2.75, 3.05) is 26.2 Å². The summed E-state index contributed by atoms with van der Waals surface area (Å²) in [5.74, 6) is -4.08. The van der Waals surface area contributed by atoms with Crippen LogP contribution in [0.5, 0.6) is 0 Å². The van der Waals surface area contributed by atoms with E-state index in [9.17, 15) is 12.8 Å². The first kappa shape index (κ1) is 24.2. The number of carbonyl (C=O) groups is 2. The maximum atomic E-state index is 13.0. The highest BCUT2D eigenvalue weighted by molar-refractivity contribution is 7.89. The zero-order chi connectivity index (χ0) is 22.5. The molecule has 0 aliphatic carbocycles. The van der Waals surface area contributed by atoms with Crippen molar-refractivity contribution in [1.82, 2.24) is 9.21 Å². The van der Waals surface area contributed by atoms with Gasteiger partial charge in [0.25, 0.3) is 0 Å². The second kappa shape index (κ2) is 10.3. The van der Waals surface area contributed by atoms with Gasteiger partial charge in [-0.05, 0) is 51.0 Å². The number of rotatable bonds is 3. The van der Waals surface area contributed by atoms with Crippen LogP contribution in [0.1, 0.15) is 26.7 Å². The molecule has 2 heterocycles. The van der Waals surface area contributed by atoms with E-state index in [2.05, 4.69) is 18.7 Å². The maximum Gasteiger partial charge on any atom is 0.414 e. The number of halogens is 1. The van der Waals surface area contributed by atoms with Crippen molar-refractivity contribution < 1.29 is 37.3 Å². The van der Waals surface area contributed by atoms with Crippen molar-refractivity contribution in [2.45, 2.75) is 49.8 Å². The molecule has 2 fully saturated rings. The Kier molecular flexibility index (Phi) is 8.30. The third-order valence-electron chi connectivity index (χ3n) is 5.02. The summed E-state index contributed by atoms with van der Waals surface area (Å²) in [6, 6.07) is 5.45. The van der Waals surface area contributed by atoms with Crippen molar-refractivity contribution in [1.29, 1.82) is 0 Å². The van der Waals surface area contributed by atoms with Gasteiger partial charge < -0.3 is 14.9 Å².